The summed E-state index contributed by atoms with van der Waals surface area (Å²) < 4.78 is 25.9. The predicted octanol–water partition coefficient (Wildman–Crippen LogP) is 3.50. The molecule has 28 heavy (non-hydrogen) atoms. The lowest BCUT2D eigenvalue weighted by Crippen LogP contribution is -2.47. The number of rotatable bonds is 8. The molecule has 0 aliphatic rings. The van der Waals surface area contributed by atoms with Crippen molar-refractivity contribution in [3.05, 3.63) is 58.6 Å². The number of nitro benzene ring substituents is 1. The van der Waals surface area contributed by atoms with Crippen LogP contribution >= 0.6 is 11.8 Å². The molecule has 0 spiro atoms. The summed E-state index contributed by atoms with van der Waals surface area (Å²) in [6.07, 6.45) is 3.02. The van der Waals surface area contributed by atoms with Crippen molar-refractivity contribution in [1.29, 1.82) is 0 Å². The fraction of sp³-hybridized carbons (Fsp3) is 0.278. The van der Waals surface area contributed by atoms with Crippen LogP contribution in [0.1, 0.15) is 13.3 Å². The molecule has 0 saturated heterocycles. The first kappa shape index (κ1) is 21.7. The van der Waals surface area contributed by atoms with Crippen LogP contribution in [0.2, 0.25) is 0 Å². The van der Waals surface area contributed by atoms with E-state index in [0.717, 1.165) is 21.5 Å². The molecule has 2 rings (SSSR count). The summed E-state index contributed by atoms with van der Waals surface area (Å²) in [6.45, 7) is 1.68. The highest BCUT2D eigenvalue weighted by molar-refractivity contribution is 7.98. The third kappa shape index (κ3) is 5.02. The van der Waals surface area contributed by atoms with Crippen LogP contribution in [-0.2, 0) is 14.8 Å². The molecule has 1 amide bonds. The molecule has 0 radical (unpaired) electrons. The van der Waals surface area contributed by atoms with E-state index in [1.54, 1.807) is 19.1 Å². The Hall–Kier alpha value is -2.59. The van der Waals surface area contributed by atoms with Gasteiger partial charge in [0.1, 0.15) is 6.04 Å². The van der Waals surface area contributed by atoms with Crippen LogP contribution in [-0.4, -0.2) is 37.8 Å². The van der Waals surface area contributed by atoms with Crippen LogP contribution in [0.25, 0.3) is 0 Å². The number of carbonyl (C=O) groups excluding carboxylic acids is 1. The maximum absolute atomic E-state index is 12.9. The van der Waals surface area contributed by atoms with Gasteiger partial charge in [-0.15, -0.1) is 11.8 Å². The lowest BCUT2D eigenvalue weighted by molar-refractivity contribution is -0.384. The Kier molecular flexibility index (Phi) is 7.03. The highest BCUT2D eigenvalue weighted by Gasteiger charge is 2.32. The maximum Gasteiger partial charge on any atom is 0.271 e. The molecule has 0 aliphatic carbocycles. The van der Waals surface area contributed by atoms with E-state index in [2.05, 4.69) is 5.32 Å². The van der Waals surface area contributed by atoms with Crippen molar-refractivity contribution in [2.75, 3.05) is 22.1 Å². The van der Waals surface area contributed by atoms with Gasteiger partial charge in [-0.25, -0.2) is 8.42 Å². The number of anilines is 2. The SMILES string of the molecule is CCC(C(=O)Nc1ccccc1SC)N(c1cccc([N+](=O)[O-])c1)S(C)(=O)=O. The van der Waals surface area contributed by atoms with Gasteiger partial charge in [0.05, 0.1) is 22.6 Å². The minimum absolute atomic E-state index is 0.0665. The van der Waals surface area contributed by atoms with Gasteiger partial charge in [-0.1, -0.05) is 25.1 Å². The molecule has 0 aromatic heterocycles. The normalized spacial score (nSPS) is 12.2. The number of hydrogen-bond acceptors (Lipinski definition) is 6. The second-order valence-corrected chi connectivity index (χ2v) is 8.66. The molecular formula is C18H21N3O5S2. The first-order valence-corrected chi connectivity index (χ1v) is 11.4. The molecule has 1 N–H and O–H groups in total. The summed E-state index contributed by atoms with van der Waals surface area (Å²) in [5.74, 6) is -0.513. The highest BCUT2D eigenvalue weighted by atomic mass is 32.2. The van der Waals surface area contributed by atoms with Crippen molar-refractivity contribution < 1.29 is 18.1 Å². The van der Waals surface area contributed by atoms with E-state index >= 15 is 0 Å². The lowest BCUT2D eigenvalue weighted by Gasteiger charge is -2.30. The van der Waals surface area contributed by atoms with E-state index < -0.39 is 26.9 Å². The number of nitrogens with zero attached hydrogens (tertiary/aromatic N) is 2. The fourth-order valence-electron chi connectivity index (χ4n) is 2.77. The molecule has 1 unspecified atom stereocenters. The molecule has 2 aromatic rings. The zero-order valence-corrected chi connectivity index (χ0v) is 17.3. The standard InChI is InChI=1S/C18H21N3O5S2/c1-4-16(18(22)19-15-10-5-6-11-17(15)27-2)20(28(3,25)26)13-8-7-9-14(12-13)21(23)24/h5-12,16H,4H2,1-3H3,(H,19,22). The molecule has 10 heteroatoms. The van der Waals surface area contributed by atoms with Crippen LogP contribution in [0.5, 0.6) is 0 Å². The number of thioether (sulfide) groups is 1. The van der Waals surface area contributed by atoms with E-state index in [9.17, 15) is 23.3 Å². The van der Waals surface area contributed by atoms with Gasteiger partial charge >= 0.3 is 0 Å². The molecule has 0 saturated carbocycles. The number of carbonyl (C=O) groups is 1. The van der Waals surface area contributed by atoms with E-state index in [1.807, 2.05) is 18.4 Å². The Morgan fingerprint density at radius 1 is 1.25 bits per heavy atom. The summed E-state index contributed by atoms with van der Waals surface area (Å²) >= 11 is 1.45. The summed E-state index contributed by atoms with van der Waals surface area (Å²) in [5.41, 5.74) is 0.386. The number of nitro groups is 1. The molecule has 2 aromatic carbocycles. The number of sulfonamides is 1. The van der Waals surface area contributed by atoms with Gasteiger partial charge in [0.2, 0.25) is 15.9 Å². The van der Waals surface area contributed by atoms with Crippen molar-refractivity contribution >= 4 is 44.8 Å². The number of hydrogen-bond donors (Lipinski definition) is 1. The van der Waals surface area contributed by atoms with Crippen molar-refractivity contribution in [2.45, 2.75) is 24.3 Å². The third-order valence-corrected chi connectivity index (χ3v) is 5.97. The minimum Gasteiger partial charge on any atom is -0.323 e. The average Bonchev–Trinajstić information content (AvgIpc) is 2.65. The van der Waals surface area contributed by atoms with E-state index in [1.165, 1.54) is 30.0 Å². The van der Waals surface area contributed by atoms with Crippen molar-refractivity contribution in [1.82, 2.24) is 0 Å². The molecule has 150 valence electrons. The Labute approximate surface area is 168 Å². The maximum atomic E-state index is 12.9. The van der Waals surface area contributed by atoms with Gasteiger partial charge in [-0.05, 0) is 30.9 Å². The van der Waals surface area contributed by atoms with E-state index in [-0.39, 0.29) is 17.8 Å². The Morgan fingerprint density at radius 2 is 1.93 bits per heavy atom. The Balaban J connectivity index is 2.45. The first-order chi connectivity index (χ1) is 13.2. The zero-order valence-electron chi connectivity index (χ0n) is 15.7. The van der Waals surface area contributed by atoms with Crippen LogP contribution < -0.4 is 9.62 Å². The largest absolute Gasteiger partial charge is 0.323 e. The Morgan fingerprint density at radius 3 is 2.50 bits per heavy atom. The Bertz CT molecular complexity index is 979. The second kappa shape index (κ2) is 9.07. The third-order valence-electron chi connectivity index (χ3n) is 3.99. The van der Waals surface area contributed by atoms with Gasteiger partial charge in [-0.3, -0.25) is 19.2 Å². The van der Waals surface area contributed by atoms with Crippen molar-refractivity contribution in [3.63, 3.8) is 0 Å². The molecule has 0 fully saturated rings. The van der Waals surface area contributed by atoms with Gasteiger partial charge in [0.25, 0.3) is 5.69 Å². The van der Waals surface area contributed by atoms with E-state index in [0.29, 0.717) is 5.69 Å². The molecule has 8 nitrogen and oxygen atoms in total. The van der Waals surface area contributed by atoms with Gasteiger partial charge in [0, 0.05) is 17.0 Å². The smallest absolute Gasteiger partial charge is 0.271 e. The topological polar surface area (TPSA) is 110 Å². The van der Waals surface area contributed by atoms with Gasteiger partial charge in [-0.2, -0.15) is 0 Å². The molecule has 1 atom stereocenters. The summed E-state index contributed by atoms with van der Waals surface area (Å²) in [4.78, 5) is 24.2. The van der Waals surface area contributed by atoms with Crippen LogP contribution in [0.3, 0.4) is 0 Å². The number of benzene rings is 2. The molecule has 0 heterocycles. The summed E-state index contributed by atoms with van der Waals surface area (Å²) in [6, 6.07) is 11.3. The zero-order chi connectivity index (χ0) is 20.9. The summed E-state index contributed by atoms with van der Waals surface area (Å²) in [7, 11) is -3.88. The van der Waals surface area contributed by atoms with E-state index in [4.69, 9.17) is 0 Å². The number of nitrogens with one attached hydrogen (secondary N) is 1. The first-order valence-electron chi connectivity index (χ1n) is 8.36. The van der Waals surface area contributed by atoms with Crippen LogP contribution in [0.15, 0.2) is 53.4 Å². The minimum atomic E-state index is -3.88. The van der Waals surface area contributed by atoms with Crippen LogP contribution in [0, 0.1) is 10.1 Å². The van der Waals surface area contributed by atoms with Crippen molar-refractivity contribution in [2.24, 2.45) is 0 Å². The molecule has 0 aliphatic heterocycles. The van der Waals surface area contributed by atoms with Crippen LogP contribution in [0.4, 0.5) is 17.1 Å². The fourth-order valence-corrected chi connectivity index (χ4v) is 4.53. The molecule has 0 bridgehead atoms. The monoisotopic (exact) mass is 423 g/mol. The number of amides is 1. The summed E-state index contributed by atoms with van der Waals surface area (Å²) in [5, 5.41) is 13.8. The predicted molar refractivity (Wildman–Crippen MR) is 111 cm³/mol. The van der Waals surface area contributed by atoms with Gasteiger partial charge < -0.3 is 5.32 Å². The second-order valence-electron chi connectivity index (χ2n) is 5.95. The van der Waals surface area contributed by atoms with Crippen molar-refractivity contribution in [3.8, 4) is 0 Å². The quantitative estimate of drug-likeness (QED) is 0.395. The van der Waals surface area contributed by atoms with Gasteiger partial charge in [0.15, 0.2) is 0 Å². The average molecular weight is 424 g/mol. The number of para-hydroxylation sites is 1. The lowest BCUT2D eigenvalue weighted by atomic mass is 10.1. The highest BCUT2D eigenvalue weighted by Crippen LogP contribution is 2.28. The number of non-ortho nitro benzene ring substituents is 1. The molecular weight excluding hydrogens is 402 g/mol.